The molecule has 0 radical (unpaired) electrons. The molecule has 1 aromatic rings. The van der Waals surface area contributed by atoms with Crippen molar-refractivity contribution in [1.29, 1.82) is 0 Å². The highest BCUT2D eigenvalue weighted by molar-refractivity contribution is 7.84. The molecule has 3 atom stereocenters. The Balaban J connectivity index is 1.97. The molecule has 0 saturated heterocycles. The fourth-order valence-corrected chi connectivity index (χ4v) is 4.79. The third-order valence-electron chi connectivity index (χ3n) is 5.29. The van der Waals surface area contributed by atoms with E-state index in [-0.39, 0.29) is 10.3 Å². The summed E-state index contributed by atoms with van der Waals surface area (Å²) in [5.74, 6) is 0.469. The molecule has 3 nitrogen and oxygen atoms in total. The van der Waals surface area contributed by atoms with Crippen LogP contribution in [-0.2, 0) is 22.3 Å². The second-order valence-corrected chi connectivity index (χ2v) is 10.4. The third kappa shape index (κ3) is 6.04. The van der Waals surface area contributed by atoms with E-state index in [1.807, 2.05) is 45.0 Å². The van der Waals surface area contributed by atoms with Gasteiger partial charge in [-0.25, -0.2) is 8.93 Å². The van der Waals surface area contributed by atoms with E-state index in [1.165, 1.54) is 18.4 Å². The van der Waals surface area contributed by atoms with Gasteiger partial charge in [0.2, 0.25) is 0 Å². The maximum absolute atomic E-state index is 12.8. The highest BCUT2D eigenvalue weighted by Crippen LogP contribution is 2.39. The molecule has 1 aromatic carbocycles. The van der Waals surface area contributed by atoms with E-state index in [2.05, 4.69) is 23.4 Å². The maximum Gasteiger partial charge on any atom is 0.0975 e. The first-order valence-electron chi connectivity index (χ1n) is 9.80. The van der Waals surface area contributed by atoms with Crippen LogP contribution >= 0.6 is 0 Å². The van der Waals surface area contributed by atoms with E-state index in [9.17, 15) is 4.21 Å². The van der Waals surface area contributed by atoms with E-state index in [0.717, 1.165) is 32.3 Å². The van der Waals surface area contributed by atoms with Crippen molar-refractivity contribution < 1.29 is 8.95 Å². The molecule has 0 aromatic heterocycles. The molecule has 0 spiro atoms. The van der Waals surface area contributed by atoms with Crippen molar-refractivity contribution in [3.63, 3.8) is 0 Å². The molecule has 1 aliphatic rings. The number of benzene rings is 1. The van der Waals surface area contributed by atoms with Gasteiger partial charge in [0, 0.05) is 12.1 Å². The number of rotatable bonds is 9. The summed E-state index contributed by atoms with van der Waals surface area (Å²) in [6.45, 7) is 11.4. The molecular formula is C22H35NO2S. The van der Waals surface area contributed by atoms with Crippen molar-refractivity contribution >= 4 is 11.0 Å². The predicted molar refractivity (Wildman–Crippen MR) is 111 cm³/mol. The fourth-order valence-electron chi connectivity index (χ4n) is 3.76. The van der Waals surface area contributed by atoms with Gasteiger partial charge in [0.25, 0.3) is 0 Å². The zero-order valence-corrected chi connectivity index (χ0v) is 17.4. The van der Waals surface area contributed by atoms with Crippen molar-refractivity contribution in [2.24, 2.45) is 5.92 Å². The third-order valence-corrected chi connectivity index (χ3v) is 6.99. The van der Waals surface area contributed by atoms with Crippen molar-refractivity contribution in [2.45, 2.75) is 76.2 Å². The van der Waals surface area contributed by atoms with Crippen LogP contribution in [0.4, 0.5) is 0 Å². The summed E-state index contributed by atoms with van der Waals surface area (Å²) < 4.78 is 22.0. The van der Waals surface area contributed by atoms with Gasteiger partial charge in [-0.05, 0) is 57.9 Å². The minimum atomic E-state index is -1.07. The molecular weight excluding hydrogens is 342 g/mol. The highest BCUT2D eigenvalue weighted by Gasteiger charge is 2.42. The predicted octanol–water partition coefficient (Wildman–Crippen LogP) is 5.15. The average molecular weight is 378 g/mol. The smallest absolute Gasteiger partial charge is 0.0975 e. The van der Waals surface area contributed by atoms with Gasteiger partial charge in [0.05, 0.1) is 22.3 Å². The Hall–Kier alpha value is -0.970. The quantitative estimate of drug-likeness (QED) is 0.477. The van der Waals surface area contributed by atoms with Crippen LogP contribution < -0.4 is 4.72 Å². The molecule has 0 heterocycles. The van der Waals surface area contributed by atoms with Gasteiger partial charge in [0.15, 0.2) is 0 Å². The monoisotopic (exact) mass is 377 g/mol. The van der Waals surface area contributed by atoms with E-state index >= 15 is 0 Å². The van der Waals surface area contributed by atoms with E-state index in [0.29, 0.717) is 12.5 Å². The first-order valence-corrected chi connectivity index (χ1v) is 10.9. The second-order valence-electron chi connectivity index (χ2n) is 8.40. The van der Waals surface area contributed by atoms with E-state index < -0.39 is 11.0 Å². The van der Waals surface area contributed by atoms with Crippen molar-refractivity contribution in [2.75, 3.05) is 6.61 Å². The van der Waals surface area contributed by atoms with Gasteiger partial charge in [0.1, 0.15) is 0 Å². The van der Waals surface area contributed by atoms with Gasteiger partial charge in [-0.15, -0.1) is 6.58 Å². The topological polar surface area (TPSA) is 38.3 Å². The van der Waals surface area contributed by atoms with Gasteiger partial charge in [-0.1, -0.05) is 49.2 Å². The van der Waals surface area contributed by atoms with Crippen molar-refractivity contribution in [1.82, 2.24) is 4.72 Å². The summed E-state index contributed by atoms with van der Waals surface area (Å²) in [5, 5.41) is 0. The fraction of sp³-hybridized carbons (Fsp3) is 0.636. The van der Waals surface area contributed by atoms with Crippen LogP contribution in [0.1, 0.15) is 64.9 Å². The summed E-state index contributed by atoms with van der Waals surface area (Å²) >= 11 is 0. The standard InChI is InChI=1S/C22H35NO2S/c1-5-15-22(23-26(24)21(2,3)4)16-10-9-13-20(22)14-17-25-18-19-11-7-6-8-12-19/h5-8,11-12,20,23H,1,9-10,13-18H2,2-4H3/t20-,22+,26+/m0/s1. The minimum Gasteiger partial charge on any atom is -0.377 e. The van der Waals surface area contributed by atoms with Crippen LogP contribution in [0.3, 0.4) is 0 Å². The van der Waals surface area contributed by atoms with Crippen molar-refractivity contribution in [3.8, 4) is 0 Å². The van der Waals surface area contributed by atoms with Gasteiger partial charge >= 0.3 is 0 Å². The first-order chi connectivity index (χ1) is 12.4. The Kier molecular flexibility index (Phi) is 8.05. The molecule has 1 aliphatic carbocycles. The summed E-state index contributed by atoms with van der Waals surface area (Å²) in [6, 6.07) is 10.3. The molecule has 0 unspecified atom stereocenters. The lowest BCUT2D eigenvalue weighted by molar-refractivity contribution is 0.0756. The first kappa shape index (κ1) is 21.3. The van der Waals surface area contributed by atoms with Gasteiger partial charge < -0.3 is 4.74 Å². The lowest BCUT2D eigenvalue weighted by Gasteiger charge is -2.45. The van der Waals surface area contributed by atoms with Gasteiger partial charge in [-0.2, -0.15) is 0 Å². The van der Waals surface area contributed by atoms with Gasteiger partial charge in [-0.3, -0.25) is 0 Å². The molecule has 0 amide bonds. The normalized spacial score (nSPS) is 25.0. The number of hydrogen-bond donors (Lipinski definition) is 1. The van der Waals surface area contributed by atoms with Crippen LogP contribution in [0.25, 0.3) is 0 Å². The Morgan fingerprint density at radius 3 is 2.69 bits per heavy atom. The summed E-state index contributed by atoms with van der Waals surface area (Å²) in [7, 11) is -1.07. The molecule has 2 rings (SSSR count). The molecule has 146 valence electrons. The Morgan fingerprint density at radius 2 is 2.04 bits per heavy atom. The molecule has 0 aliphatic heterocycles. The number of hydrogen-bond acceptors (Lipinski definition) is 2. The summed E-state index contributed by atoms with van der Waals surface area (Å²) in [5.41, 5.74) is 1.09. The zero-order valence-electron chi connectivity index (χ0n) is 16.6. The minimum absolute atomic E-state index is 0.117. The van der Waals surface area contributed by atoms with Crippen LogP contribution in [-0.4, -0.2) is 21.1 Å². The average Bonchev–Trinajstić information content (AvgIpc) is 2.60. The van der Waals surface area contributed by atoms with E-state index in [1.54, 1.807) is 0 Å². The SMILES string of the molecule is C=CC[C@@]1(N[S@](=O)C(C)(C)C)CCCC[C@H]1CCOCc1ccccc1. The maximum atomic E-state index is 12.8. The molecule has 4 heteroatoms. The zero-order chi connectivity index (χ0) is 19.0. The number of ether oxygens (including phenoxy) is 1. The Bertz CT molecular complexity index is 582. The summed E-state index contributed by atoms with van der Waals surface area (Å²) in [4.78, 5) is 0. The summed E-state index contributed by atoms with van der Waals surface area (Å²) in [6.07, 6.45) is 8.49. The molecule has 26 heavy (non-hydrogen) atoms. The highest BCUT2D eigenvalue weighted by atomic mass is 32.2. The van der Waals surface area contributed by atoms with Crippen LogP contribution in [0.5, 0.6) is 0 Å². The largest absolute Gasteiger partial charge is 0.377 e. The van der Waals surface area contributed by atoms with Crippen LogP contribution in [0.15, 0.2) is 43.0 Å². The second kappa shape index (κ2) is 9.82. The lowest BCUT2D eigenvalue weighted by Crippen LogP contribution is -2.56. The molecule has 1 fully saturated rings. The Morgan fingerprint density at radius 1 is 1.31 bits per heavy atom. The van der Waals surface area contributed by atoms with Crippen LogP contribution in [0, 0.1) is 5.92 Å². The lowest BCUT2D eigenvalue weighted by atomic mass is 9.70. The van der Waals surface area contributed by atoms with Crippen molar-refractivity contribution in [3.05, 3.63) is 48.6 Å². The van der Waals surface area contributed by atoms with E-state index in [4.69, 9.17) is 4.74 Å². The molecule has 1 saturated carbocycles. The van der Waals surface area contributed by atoms with Crippen LogP contribution in [0.2, 0.25) is 0 Å². The molecule has 1 N–H and O–H groups in total. The number of nitrogens with one attached hydrogen (secondary N) is 1. The Labute approximate surface area is 162 Å². The molecule has 0 bridgehead atoms.